The van der Waals surface area contributed by atoms with Crippen LogP contribution < -0.4 is 11.1 Å². The zero-order chi connectivity index (χ0) is 14.4. The molecule has 1 aliphatic heterocycles. The fourth-order valence-corrected chi connectivity index (χ4v) is 3.61. The van der Waals surface area contributed by atoms with Gasteiger partial charge in [0.15, 0.2) is 0 Å². The van der Waals surface area contributed by atoms with Crippen molar-refractivity contribution in [2.75, 3.05) is 6.61 Å². The number of aromatic nitrogens is 1. The maximum absolute atomic E-state index is 12.5. The van der Waals surface area contributed by atoms with Gasteiger partial charge in [-0.1, -0.05) is 18.2 Å². The summed E-state index contributed by atoms with van der Waals surface area (Å²) in [5.74, 6) is 0.313. The van der Waals surface area contributed by atoms with Crippen LogP contribution in [0.2, 0.25) is 0 Å². The first kappa shape index (κ1) is 12.9. The lowest BCUT2D eigenvalue weighted by Crippen LogP contribution is -2.72. The van der Waals surface area contributed by atoms with Gasteiger partial charge in [-0.2, -0.15) is 0 Å². The largest absolute Gasteiger partial charge is 0.376 e. The normalized spacial score (nSPS) is 31.5. The van der Waals surface area contributed by atoms with Crippen LogP contribution in [0.5, 0.6) is 0 Å². The van der Waals surface area contributed by atoms with E-state index in [1.165, 1.54) is 0 Å². The number of ether oxygens (including phenoxy) is 1. The maximum atomic E-state index is 12.5. The van der Waals surface area contributed by atoms with Crippen molar-refractivity contribution in [3.05, 3.63) is 36.0 Å². The molecule has 1 saturated heterocycles. The molecule has 1 aromatic heterocycles. The van der Waals surface area contributed by atoms with Crippen molar-refractivity contribution in [2.45, 2.75) is 31.0 Å². The number of fused-ring (bicyclic) bond motifs is 2. The zero-order valence-electron chi connectivity index (χ0n) is 11.7. The fraction of sp³-hybridized carbons (Fsp3) is 0.438. The molecule has 0 radical (unpaired) electrons. The molecular weight excluding hydrogens is 266 g/mol. The van der Waals surface area contributed by atoms with Gasteiger partial charge < -0.3 is 20.8 Å². The Hall–Kier alpha value is -1.85. The summed E-state index contributed by atoms with van der Waals surface area (Å²) in [6, 6.07) is 7.72. The second-order valence-corrected chi connectivity index (χ2v) is 5.97. The Kier molecular flexibility index (Phi) is 2.97. The second kappa shape index (κ2) is 4.86. The minimum Gasteiger partial charge on any atom is -0.376 e. The fourth-order valence-electron chi connectivity index (χ4n) is 3.61. The Bertz CT molecular complexity index is 681. The molecule has 4 N–H and O–H groups in total. The zero-order valence-corrected chi connectivity index (χ0v) is 11.7. The maximum Gasteiger partial charge on any atom is 0.253 e. The Morgan fingerprint density at radius 1 is 1.38 bits per heavy atom. The van der Waals surface area contributed by atoms with Gasteiger partial charge in [0, 0.05) is 35.7 Å². The number of benzene rings is 1. The molecule has 4 atom stereocenters. The molecule has 2 fully saturated rings. The first-order valence-corrected chi connectivity index (χ1v) is 7.50. The van der Waals surface area contributed by atoms with Crippen LogP contribution in [0.4, 0.5) is 0 Å². The van der Waals surface area contributed by atoms with Crippen LogP contribution in [0.1, 0.15) is 23.2 Å². The quantitative estimate of drug-likeness (QED) is 0.780. The third-order valence-electron chi connectivity index (χ3n) is 4.81. The number of hydrogen-bond donors (Lipinski definition) is 3. The summed E-state index contributed by atoms with van der Waals surface area (Å²) in [5.41, 5.74) is 7.82. The van der Waals surface area contributed by atoms with E-state index in [0.717, 1.165) is 30.4 Å². The molecule has 0 spiro atoms. The summed E-state index contributed by atoms with van der Waals surface area (Å²) >= 11 is 0. The van der Waals surface area contributed by atoms with E-state index in [1.807, 2.05) is 24.3 Å². The lowest BCUT2D eigenvalue weighted by molar-refractivity contribution is -0.117. The van der Waals surface area contributed by atoms with Gasteiger partial charge in [-0.05, 0) is 18.9 Å². The van der Waals surface area contributed by atoms with Crippen molar-refractivity contribution >= 4 is 16.8 Å². The Labute approximate surface area is 122 Å². The van der Waals surface area contributed by atoms with E-state index in [4.69, 9.17) is 10.5 Å². The number of carbonyl (C=O) groups is 1. The predicted molar refractivity (Wildman–Crippen MR) is 80.0 cm³/mol. The monoisotopic (exact) mass is 285 g/mol. The van der Waals surface area contributed by atoms with Crippen molar-refractivity contribution < 1.29 is 9.53 Å². The van der Waals surface area contributed by atoms with Crippen LogP contribution in [-0.4, -0.2) is 35.7 Å². The van der Waals surface area contributed by atoms with E-state index in [2.05, 4.69) is 10.3 Å². The van der Waals surface area contributed by atoms with Gasteiger partial charge in [0.05, 0.1) is 17.7 Å². The molecule has 21 heavy (non-hydrogen) atoms. The van der Waals surface area contributed by atoms with Gasteiger partial charge in [-0.3, -0.25) is 4.79 Å². The van der Waals surface area contributed by atoms with Crippen molar-refractivity contribution in [2.24, 2.45) is 11.7 Å². The van der Waals surface area contributed by atoms with Gasteiger partial charge in [-0.25, -0.2) is 0 Å². The smallest absolute Gasteiger partial charge is 0.253 e. The molecule has 5 heteroatoms. The highest BCUT2D eigenvalue weighted by molar-refractivity contribution is 6.06. The minimum absolute atomic E-state index is 0.00413. The average molecular weight is 285 g/mol. The molecule has 0 bridgehead atoms. The molecular formula is C16H19N3O2. The number of nitrogens with one attached hydrogen (secondary N) is 2. The Balaban J connectivity index is 1.53. The van der Waals surface area contributed by atoms with E-state index in [9.17, 15) is 4.79 Å². The number of H-pyrrole nitrogens is 1. The molecule has 110 valence electrons. The molecule has 1 saturated carbocycles. The number of rotatable bonds is 2. The van der Waals surface area contributed by atoms with Gasteiger partial charge in [-0.15, -0.1) is 0 Å². The van der Waals surface area contributed by atoms with Gasteiger partial charge >= 0.3 is 0 Å². The molecule has 4 rings (SSSR count). The summed E-state index contributed by atoms with van der Waals surface area (Å²) < 4.78 is 5.76. The molecule has 2 heterocycles. The summed E-state index contributed by atoms with van der Waals surface area (Å²) in [7, 11) is 0. The van der Waals surface area contributed by atoms with Gasteiger partial charge in [0.1, 0.15) is 0 Å². The highest BCUT2D eigenvalue weighted by Crippen LogP contribution is 2.37. The molecule has 4 unspecified atom stereocenters. The third kappa shape index (κ3) is 1.96. The second-order valence-electron chi connectivity index (χ2n) is 5.97. The number of carbonyl (C=O) groups excluding carboxylic acids is 1. The SMILES string of the molecule is NC1C2CCCOC2C1NC(=O)c1c[nH]c2ccccc12. The molecule has 1 aliphatic carbocycles. The van der Waals surface area contributed by atoms with Crippen LogP contribution in [0.25, 0.3) is 10.9 Å². The highest BCUT2D eigenvalue weighted by atomic mass is 16.5. The molecule has 2 aromatic rings. The lowest BCUT2D eigenvalue weighted by atomic mass is 9.68. The van der Waals surface area contributed by atoms with E-state index < -0.39 is 0 Å². The first-order chi connectivity index (χ1) is 10.3. The molecule has 2 aliphatic rings. The summed E-state index contributed by atoms with van der Waals surface area (Å²) in [5, 5.41) is 3.99. The van der Waals surface area contributed by atoms with Gasteiger partial charge in [0.25, 0.3) is 5.91 Å². The highest BCUT2D eigenvalue weighted by Gasteiger charge is 2.51. The van der Waals surface area contributed by atoms with Crippen molar-refractivity contribution in [3.8, 4) is 0 Å². The van der Waals surface area contributed by atoms with E-state index in [-0.39, 0.29) is 24.1 Å². The van der Waals surface area contributed by atoms with Crippen molar-refractivity contribution in [1.29, 1.82) is 0 Å². The molecule has 1 aromatic carbocycles. The van der Waals surface area contributed by atoms with Crippen LogP contribution in [-0.2, 0) is 4.74 Å². The van der Waals surface area contributed by atoms with E-state index in [1.54, 1.807) is 6.20 Å². The minimum atomic E-state index is -0.0828. The number of nitrogens with two attached hydrogens (primary N) is 1. The average Bonchev–Trinajstić information content (AvgIpc) is 2.96. The van der Waals surface area contributed by atoms with Crippen LogP contribution >= 0.6 is 0 Å². The van der Waals surface area contributed by atoms with Gasteiger partial charge in [0.2, 0.25) is 0 Å². The Morgan fingerprint density at radius 3 is 3.14 bits per heavy atom. The topological polar surface area (TPSA) is 80.1 Å². The van der Waals surface area contributed by atoms with Crippen LogP contribution in [0.15, 0.2) is 30.5 Å². The van der Waals surface area contributed by atoms with Crippen molar-refractivity contribution in [3.63, 3.8) is 0 Å². The Morgan fingerprint density at radius 2 is 2.24 bits per heavy atom. The number of aromatic amines is 1. The number of hydrogen-bond acceptors (Lipinski definition) is 3. The van der Waals surface area contributed by atoms with Crippen molar-refractivity contribution in [1.82, 2.24) is 10.3 Å². The molecule has 5 nitrogen and oxygen atoms in total. The molecule has 1 amide bonds. The number of amides is 1. The lowest BCUT2D eigenvalue weighted by Gasteiger charge is -2.52. The van der Waals surface area contributed by atoms with Crippen LogP contribution in [0, 0.1) is 5.92 Å². The van der Waals surface area contributed by atoms with E-state index in [0.29, 0.717) is 11.5 Å². The first-order valence-electron chi connectivity index (χ1n) is 7.50. The standard InChI is InChI=1S/C16H19N3O2/c17-13-10-5-3-7-21-15(10)14(13)19-16(20)11-8-18-12-6-2-1-4-9(11)12/h1-2,4,6,8,10,13-15,18H,3,5,7,17H2,(H,19,20). The summed E-state index contributed by atoms with van der Waals surface area (Å²) in [4.78, 5) is 15.6. The third-order valence-corrected chi connectivity index (χ3v) is 4.81. The van der Waals surface area contributed by atoms with Crippen LogP contribution in [0.3, 0.4) is 0 Å². The van der Waals surface area contributed by atoms with E-state index >= 15 is 0 Å². The number of para-hydroxylation sites is 1. The summed E-state index contributed by atoms with van der Waals surface area (Å²) in [6.07, 6.45) is 4.01. The predicted octanol–water partition coefficient (Wildman–Crippen LogP) is 1.40. The summed E-state index contributed by atoms with van der Waals surface area (Å²) in [6.45, 7) is 0.771.